The number of carbonyl (C=O) groups excluding carboxylic acids is 1. The Balaban J connectivity index is 1.93. The zero-order valence-corrected chi connectivity index (χ0v) is 14.0. The summed E-state index contributed by atoms with van der Waals surface area (Å²) >= 11 is 2.03. The van der Waals surface area contributed by atoms with E-state index in [-0.39, 0.29) is 11.7 Å². The van der Waals surface area contributed by atoms with Crippen molar-refractivity contribution in [2.75, 3.05) is 37.7 Å². The highest BCUT2D eigenvalue weighted by atomic mass is 32.2. The van der Waals surface area contributed by atoms with E-state index in [0.29, 0.717) is 5.91 Å². The fourth-order valence-electron chi connectivity index (χ4n) is 3.05. The summed E-state index contributed by atoms with van der Waals surface area (Å²) in [5.74, 6) is 2.76. The minimum Gasteiger partial charge on any atom is -0.324 e. The molecule has 0 spiro atoms. The molecule has 0 saturated carbocycles. The van der Waals surface area contributed by atoms with E-state index in [1.807, 2.05) is 11.8 Å². The first-order valence-electron chi connectivity index (χ1n) is 7.99. The second-order valence-corrected chi connectivity index (χ2v) is 7.31. The highest BCUT2D eigenvalue weighted by molar-refractivity contribution is 7.99. The second-order valence-electron chi connectivity index (χ2n) is 6.09. The molecule has 4 nitrogen and oxygen atoms in total. The molecule has 2 unspecified atom stereocenters. The van der Waals surface area contributed by atoms with Gasteiger partial charge in [-0.05, 0) is 19.8 Å². The summed E-state index contributed by atoms with van der Waals surface area (Å²) in [4.78, 5) is 17.2. The number of nitrogens with one attached hydrogen (secondary N) is 1. The Morgan fingerprint density at radius 2 is 2.00 bits per heavy atom. The molecular formula is C15H29N3OS. The summed E-state index contributed by atoms with van der Waals surface area (Å²) in [6.07, 6.45) is 3.26. The van der Waals surface area contributed by atoms with Crippen molar-refractivity contribution >= 4 is 17.7 Å². The highest BCUT2D eigenvalue weighted by Gasteiger charge is 2.45. The van der Waals surface area contributed by atoms with Crippen LogP contribution < -0.4 is 5.32 Å². The largest absolute Gasteiger partial charge is 0.324 e. The molecule has 0 aromatic heterocycles. The molecular weight excluding hydrogens is 270 g/mol. The van der Waals surface area contributed by atoms with Crippen LogP contribution in [0.25, 0.3) is 0 Å². The highest BCUT2D eigenvalue weighted by Crippen LogP contribution is 2.25. The zero-order valence-electron chi connectivity index (χ0n) is 13.2. The quantitative estimate of drug-likeness (QED) is 0.811. The summed E-state index contributed by atoms with van der Waals surface area (Å²) < 4.78 is 0. The molecule has 1 N–H and O–H groups in total. The first-order valence-corrected chi connectivity index (χ1v) is 9.15. The van der Waals surface area contributed by atoms with Gasteiger partial charge in [0.05, 0.1) is 11.7 Å². The van der Waals surface area contributed by atoms with Gasteiger partial charge in [-0.2, -0.15) is 11.8 Å². The van der Waals surface area contributed by atoms with Gasteiger partial charge in [0.15, 0.2) is 0 Å². The van der Waals surface area contributed by atoms with Crippen molar-refractivity contribution in [2.24, 2.45) is 0 Å². The van der Waals surface area contributed by atoms with Gasteiger partial charge in [0.2, 0.25) is 5.91 Å². The van der Waals surface area contributed by atoms with Gasteiger partial charge >= 0.3 is 0 Å². The molecule has 0 aromatic rings. The lowest BCUT2D eigenvalue weighted by Gasteiger charge is -2.30. The third-order valence-corrected chi connectivity index (χ3v) is 5.57. The third kappa shape index (κ3) is 3.49. The Bertz CT molecular complexity index is 333. The molecule has 20 heavy (non-hydrogen) atoms. The Hall–Kier alpha value is -0.260. The number of nitrogens with zero attached hydrogens (tertiary/aromatic N) is 2. The van der Waals surface area contributed by atoms with E-state index in [9.17, 15) is 4.79 Å². The van der Waals surface area contributed by atoms with Crippen LogP contribution in [0.1, 0.15) is 40.0 Å². The van der Waals surface area contributed by atoms with Crippen molar-refractivity contribution in [3.63, 3.8) is 0 Å². The van der Waals surface area contributed by atoms with Gasteiger partial charge in [0.1, 0.15) is 0 Å². The van der Waals surface area contributed by atoms with Crippen molar-refractivity contribution in [1.82, 2.24) is 15.1 Å². The standard InChI is InChI=1S/C15H29N3OS/c1-4-6-13-16-15(3,5-2)14(19)18(13)8-7-17-9-11-20-12-10-17/h13,16H,4-12H2,1-3H3. The van der Waals surface area contributed by atoms with E-state index in [1.165, 1.54) is 24.6 Å². The molecule has 0 bridgehead atoms. The fraction of sp³-hybridized carbons (Fsp3) is 0.933. The molecule has 1 amide bonds. The van der Waals surface area contributed by atoms with Gasteiger partial charge in [0.25, 0.3) is 0 Å². The van der Waals surface area contributed by atoms with E-state index < -0.39 is 0 Å². The van der Waals surface area contributed by atoms with Crippen LogP contribution in [-0.2, 0) is 4.79 Å². The maximum Gasteiger partial charge on any atom is 0.243 e. The van der Waals surface area contributed by atoms with E-state index >= 15 is 0 Å². The number of hydrogen-bond acceptors (Lipinski definition) is 4. The normalized spacial score (nSPS) is 32.0. The summed E-state index contributed by atoms with van der Waals surface area (Å²) in [7, 11) is 0. The van der Waals surface area contributed by atoms with Gasteiger partial charge in [0, 0.05) is 37.7 Å². The minimum absolute atomic E-state index is 0.233. The van der Waals surface area contributed by atoms with E-state index in [4.69, 9.17) is 0 Å². The van der Waals surface area contributed by atoms with Crippen LogP contribution >= 0.6 is 11.8 Å². The molecule has 0 radical (unpaired) electrons. The van der Waals surface area contributed by atoms with Gasteiger partial charge in [-0.25, -0.2) is 0 Å². The van der Waals surface area contributed by atoms with Crippen molar-refractivity contribution in [1.29, 1.82) is 0 Å². The number of rotatable bonds is 6. The fourth-order valence-corrected chi connectivity index (χ4v) is 4.03. The lowest BCUT2D eigenvalue weighted by Crippen LogP contribution is -2.44. The van der Waals surface area contributed by atoms with Crippen molar-refractivity contribution in [3.8, 4) is 0 Å². The predicted molar refractivity (Wildman–Crippen MR) is 86.0 cm³/mol. The second kappa shape index (κ2) is 7.14. The summed E-state index contributed by atoms with van der Waals surface area (Å²) in [5.41, 5.74) is -0.350. The Kier molecular flexibility index (Phi) is 5.75. The van der Waals surface area contributed by atoms with E-state index in [0.717, 1.165) is 32.4 Å². The zero-order chi connectivity index (χ0) is 14.6. The molecule has 2 fully saturated rings. The number of thioether (sulfide) groups is 1. The van der Waals surface area contributed by atoms with E-state index in [1.54, 1.807) is 0 Å². The first-order chi connectivity index (χ1) is 9.60. The number of amides is 1. The molecule has 2 heterocycles. The maximum atomic E-state index is 12.7. The van der Waals surface area contributed by atoms with Gasteiger partial charge in [-0.3, -0.25) is 15.0 Å². The van der Waals surface area contributed by atoms with Crippen molar-refractivity contribution in [2.45, 2.75) is 51.7 Å². The number of hydrogen-bond donors (Lipinski definition) is 1. The van der Waals surface area contributed by atoms with Gasteiger partial charge in [-0.15, -0.1) is 0 Å². The van der Waals surface area contributed by atoms with Crippen LogP contribution in [0.2, 0.25) is 0 Å². The molecule has 2 rings (SSSR count). The smallest absolute Gasteiger partial charge is 0.243 e. The Morgan fingerprint density at radius 1 is 1.30 bits per heavy atom. The molecule has 2 aliphatic rings. The molecule has 0 aromatic carbocycles. The lowest BCUT2D eigenvalue weighted by molar-refractivity contribution is -0.133. The van der Waals surface area contributed by atoms with Crippen LogP contribution in [0.3, 0.4) is 0 Å². The summed E-state index contributed by atoms with van der Waals surface area (Å²) in [6, 6.07) is 0. The predicted octanol–water partition coefficient (Wildman–Crippen LogP) is 1.76. The average Bonchev–Trinajstić information content (AvgIpc) is 2.71. The minimum atomic E-state index is -0.350. The topological polar surface area (TPSA) is 35.6 Å². The SMILES string of the molecule is CCCC1NC(C)(CC)C(=O)N1CCN1CCSCC1. The summed E-state index contributed by atoms with van der Waals surface area (Å²) in [6.45, 7) is 10.6. The molecule has 5 heteroatoms. The molecule has 2 aliphatic heterocycles. The van der Waals surface area contributed by atoms with Gasteiger partial charge in [-0.1, -0.05) is 20.3 Å². The third-order valence-electron chi connectivity index (χ3n) is 4.62. The van der Waals surface area contributed by atoms with Crippen LogP contribution in [0.5, 0.6) is 0 Å². The van der Waals surface area contributed by atoms with Crippen LogP contribution in [0.15, 0.2) is 0 Å². The number of carbonyl (C=O) groups is 1. The van der Waals surface area contributed by atoms with Crippen LogP contribution in [0.4, 0.5) is 0 Å². The molecule has 2 saturated heterocycles. The maximum absolute atomic E-state index is 12.7. The van der Waals surface area contributed by atoms with Crippen LogP contribution in [0, 0.1) is 0 Å². The average molecular weight is 299 g/mol. The first kappa shape index (κ1) is 16.1. The van der Waals surface area contributed by atoms with Crippen molar-refractivity contribution < 1.29 is 4.79 Å². The van der Waals surface area contributed by atoms with Crippen molar-refractivity contribution in [3.05, 3.63) is 0 Å². The molecule has 0 aliphatic carbocycles. The Morgan fingerprint density at radius 3 is 2.60 bits per heavy atom. The Labute approximate surface area is 127 Å². The lowest BCUT2D eigenvalue weighted by atomic mass is 9.99. The molecule has 2 atom stereocenters. The monoisotopic (exact) mass is 299 g/mol. The van der Waals surface area contributed by atoms with Crippen LogP contribution in [-0.4, -0.2) is 65.1 Å². The van der Waals surface area contributed by atoms with Gasteiger partial charge < -0.3 is 4.90 Å². The molecule has 116 valence electrons. The summed E-state index contributed by atoms with van der Waals surface area (Å²) in [5, 5.41) is 3.56. The van der Waals surface area contributed by atoms with E-state index in [2.05, 4.69) is 35.9 Å².